The van der Waals surface area contributed by atoms with Gasteiger partial charge in [0.25, 0.3) is 0 Å². The molecule has 1 aromatic heterocycles. The molecule has 1 aromatic carbocycles. The van der Waals surface area contributed by atoms with Crippen LogP contribution in [-0.4, -0.2) is 49.2 Å². The number of H-pyrrole nitrogens is 1. The molecule has 0 aliphatic carbocycles. The molecule has 1 fully saturated rings. The van der Waals surface area contributed by atoms with Crippen molar-refractivity contribution in [3.8, 4) is 0 Å². The molecule has 2 aromatic rings. The molecule has 0 radical (unpaired) electrons. The van der Waals surface area contributed by atoms with Gasteiger partial charge in [-0.15, -0.1) is 0 Å². The van der Waals surface area contributed by atoms with E-state index in [4.69, 9.17) is 14.3 Å². The van der Waals surface area contributed by atoms with Crippen LogP contribution in [0.2, 0.25) is 0 Å². The number of benzene rings is 1. The SMILES string of the molecule is [2H]c1[nH]c2ccc(C([2H])([2H])[C@@]3([2H])COC(=O)N3)cc2c1CCN(C)C([2H])([2H])[2H]. The molecule has 1 aliphatic heterocycles. The molecule has 2 heterocycles. The predicted octanol–water partition coefficient (Wildman–Crippen LogP) is 1.92. The summed E-state index contributed by atoms with van der Waals surface area (Å²) in [5.41, 5.74) is 1.33. The van der Waals surface area contributed by atoms with Crippen LogP contribution in [0.25, 0.3) is 10.9 Å². The van der Waals surface area contributed by atoms with Crippen molar-refractivity contribution in [3.05, 3.63) is 35.5 Å². The van der Waals surface area contributed by atoms with E-state index in [0.29, 0.717) is 16.5 Å². The maximum atomic E-state index is 11.3. The molecule has 0 spiro atoms. The fourth-order valence-corrected chi connectivity index (χ4v) is 2.24. The van der Waals surface area contributed by atoms with Gasteiger partial charge in [0.05, 0.1) is 8.76 Å². The molecule has 1 saturated heterocycles. The molecule has 5 nitrogen and oxygen atoms in total. The number of carbonyl (C=O) groups is 1. The topological polar surface area (TPSA) is 57.4 Å². The Kier molecular flexibility index (Phi) is 2.16. The highest BCUT2D eigenvalue weighted by atomic mass is 16.6. The Bertz CT molecular complexity index is 912. The maximum Gasteiger partial charge on any atom is 0.407 e. The number of aromatic nitrogens is 1. The first kappa shape index (κ1) is 7.84. The lowest BCUT2D eigenvalue weighted by Gasteiger charge is -2.09. The molecule has 3 rings (SSSR count). The van der Waals surface area contributed by atoms with Crippen molar-refractivity contribution in [1.29, 1.82) is 0 Å². The van der Waals surface area contributed by atoms with Gasteiger partial charge in [-0.3, -0.25) is 0 Å². The van der Waals surface area contributed by atoms with E-state index in [1.807, 2.05) is 0 Å². The van der Waals surface area contributed by atoms with E-state index < -0.39 is 32.1 Å². The molecule has 21 heavy (non-hydrogen) atoms. The minimum absolute atomic E-state index is 0.129. The fraction of sp³-hybridized carbons (Fsp3) is 0.438. The van der Waals surface area contributed by atoms with Gasteiger partial charge < -0.3 is 19.9 Å². The average Bonchev–Trinajstić information content (AvgIpc) is 3.10. The van der Waals surface area contributed by atoms with Crippen molar-refractivity contribution in [2.24, 2.45) is 0 Å². The highest BCUT2D eigenvalue weighted by Gasteiger charge is 2.22. The standard InChI is InChI=1S/C16H21N3O2/c1-19(2)6-5-12-9-17-15-4-3-11(8-14(12)15)7-13-10-21-16(20)18-13/h3-4,8-9,13,17H,5-7,10H2,1-2H3,(H,18,20)/t13-/m0/s1/i1D3,7D2,9D,13D. The van der Waals surface area contributed by atoms with Crippen molar-refractivity contribution in [3.63, 3.8) is 0 Å². The summed E-state index contributed by atoms with van der Waals surface area (Å²) in [6, 6.07) is 2.67. The molecular weight excluding hydrogens is 266 g/mol. The van der Waals surface area contributed by atoms with E-state index in [-0.39, 0.29) is 24.7 Å². The van der Waals surface area contributed by atoms with Crippen LogP contribution in [0, 0.1) is 0 Å². The fourth-order valence-electron chi connectivity index (χ4n) is 2.24. The summed E-state index contributed by atoms with van der Waals surface area (Å²) in [7, 11) is 1.47. The molecule has 0 unspecified atom stereocenters. The lowest BCUT2D eigenvalue weighted by molar-refractivity contribution is 0.177. The second-order valence-electron chi connectivity index (χ2n) is 4.97. The van der Waals surface area contributed by atoms with Crippen LogP contribution in [-0.2, 0) is 17.5 Å². The Morgan fingerprint density at radius 1 is 1.67 bits per heavy atom. The summed E-state index contributed by atoms with van der Waals surface area (Å²) >= 11 is 0. The Hall–Kier alpha value is -2.01. The van der Waals surface area contributed by atoms with Gasteiger partial charge >= 0.3 is 6.09 Å². The first-order valence-corrected chi connectivity index (χ1v) is 6.63. The van der Waals surface area contributed by atoms with Crippen LogP contribution < -0.4 is 5.32 Å². The largest absolute Gasteiger partial charge is 0.447 e. The maximum absolute atomic E-state index is 11.3. The minimum atomic E-state index is -2.25. The number of cyclic esters (lactones) is 1. The van der Waals surface area contributed by atoms with Gasteiger partial charge in [-0.2, -0.15) is 0 Å². The third-order valence-corrected chi connectivity index (χ3v) is 3.29. The van der Waals surface area contributed by atoms with E-state index in [1.165, 1.54) is 24.1 Å². The third kappa shape index (κ3) is 3.19. The van der Waals surface area contributed by atoms with Crippen LogP contribution in [0.1, 0.15) is 20.7 Å². The Morgan fingerprint density at radius 2 is 2.57 bits per heavy atom. The number of nitrogens with zero attached hydrogens (tertiary/aromatic N) is 1. The number of likely N-dealkylation sites (N-methyl/N-ethyl adjacent to an activating group) is 1. The lowest BCUT2D eigenvalue weighted by Crippen LogP contribution is -2.28. The zero-order valence-electron chi connectivity index (χ0n) is 18.6. The highest BCUT2D eigenvalue weighted by molar-refractivity contribution is 5.84. The second-order valence-corrected chi connectivity index (χ2v) is 4.97. The molecule has 2 N–H and O–H groups in total. The molecule has 0 saturated carbocycles. The van der Waals surface area contributed by atoms with Crippen LogP contribution in [0.15, 0.2) is 24.4 Å². The van der Waals surface area contributed by atoms with Gasteiger partial charge in [-0.1, -0.05) is 6.07 Å². The predicted molar refractivity (Wildman–Crippen MR) is 82.5 cm³/mol. The molecule has 0 bridgehead atoms. The van der Waals surface area contributed by atoms with Crippen molar-refractivity contribution in [2.45, 2.75) is 18.8 Å². The van der Waals surface area contributed by atoms with Crippen LogP contribution >= 0.6 is 0 Å². The summed E-state index contributed by atoms with van der Waals surface area (Å²) < 4.78 is 60.2. The van der Waals surface area contributed by atoms with E-state index in [9.17, 15) is 4.79 Å². The molecular formula is C16H21N3O2. The summed E-state index contributed by atoms with van der Waals surface area (Å²) in [4.78, 5) is 15.4. The molecule has 112 valence electrons. The number of nitrogens with one attached hydrogen (secondary N) is 2. The van der Waals surface area contributed by atoms with Gasteiger partial charge in [-0.25, -0.2) is 4.79 Å². The van der Waals surface area contributed by atoms with E-state index in [0.717, 1.165) is 0 Å². The highest BCUT2D eigenvalue weighted by Crippen LogP contribution is 2.21. The molecule has 1 amide bonds. The number of amides is 1. The molecule has 1 atom stereocenters. The van der Waals surface area contributed by atoms with E-state index in [1.54, 1.807) is 6.07 Å². The monoisotopic (exact) mass is 294 g/mol. The molecule has 5 heteroatoms. The van der Waals surface area contributed by atoms with E-state index in [2.05, 4.69) is 10.3 Å². The van der Waals surface area contributed by atoms with Gasteiger partial charge in [0, 0.05) is 30.5 Å². The van der Waals surface area contributed by atoms with Gasteiger partial charge in [0.1, 0.15) is 6.61 Å². The zero-order chi connectivity index (χ0) is 20.9. The number of hydrogen-bond donors (Lipinski definition) is 2. The van der Waals surface area contributed by atoms with Crippen molar-refractivity contribution in [1.82, 2.24) is 15.2 Å². The zero-order valence-corrected chi connectivity index (χ0v) is 11.6. The number of ether oxygens (including phenoxy) is 1. The van der Waals surface area contributed by atoms with Crippen LogP contribution in [0.5, 0.6) is 0 Å². The van der Waals surface area contributed by atoms with Crippen molar-refractivity contribution >= 4 is 17.0 Å². The minimum Gasteiger partial charge on any atom is -0.447 e. The van der Waals surface area contributed by atoms with Crippen molar-refractivity contribution < 1.29 is 19.1 Å². The first-order valence-electron chi connectivity index (χ1n) is 10.1. The van der Waals surface area contributed by atoms with Gasteiger partial charge in [-0.05, 0) is 50.1 Å². The van der Waals surface area contributed by atoms with Crippen LogP contribution in [0.4, 0.5) is 4.79 Å². The summed E-state index contributed by atoms with van der Waals surface area (Å²) in [5, 5.41) is 2.79. The average molecular weight is 294 g/mol. The van der Waals surface area contributed by atoms with Crippen LogP contribution in [0.3, 0.4) is 0 Å². The lowest BCUT2D eigenvalue weighted by atomic mass is 10.0. The normalized spacial score (nSPS) is 27.9. The Labute approximate surface area is 134 Å². The number of hydrogen-bond acceptors (Lipinski definition) is 3. The Morgan fingerprint density at radius 3 is 3.33 bits per heavy atom. The number of carbonyl (C=O) groups excluding carboxylic acids is 1. The third-order valence-electron chi connectivity index (χ3n) is 3.29. The number of aromatic amines is 1. The first-order chi connectivity index (χ1) is 12.8. The van der Waals surface area contributed by atoms with Crippen molar-refractivity contribution in [2.75, 3.05) is 27.2 Å². The van der Waals surface area contributed by atoms with E-state index >= 15 is 0 Å². The summed E-state index contributed by atoms with van der Waals surface area (Å²) in [5.74, 6) is 0. The second kappa shape index (κ2) is 5.77. The quantitative estimate of drug-likeness (QED) is 0.886. The van der Waals surface area contributed by atoms with Gasteiger partial charge in [0.2, 0.25) is 0 Å². The number of alkyl carbamates (subject to hydrolysis) is 1. The van der Waals surface area contributed by atoms with Gasteiger partial charge in [0.15, 0.2) is 0 Å². The number of fused-ring (bicyclic) bond motifs is 1. The Balaban J connectivity index is 1.96. The smallest absolute Gasteiger partial charge is 0.407 e. The summed E-state index contributed by atoms with van der Waals surface area (Å²) in [6.45, 7) is -2.47. The molecule has 1 aliphatic rings. The number of rotatable bonds is 5. The summed E-state index contributed by atoms with van der Waals surface area (Å²) in [6.07, 6.45) is -2.68.